The largest absolute Gasteiger partial charge is 0.355 e. The summed E-state index contributed by atoms with van der Waals surface area (Å²) in [6, 6.07) is 0.477. The first kappa shape index (κ1) is 13.7. The normalized spacial score (nSPS) is 25.9. The summed E-state index contributed by atoms with van der Waals surface area (Å²) in [6.07, 6.45) is 2.59. The van der Waals surface area contributed by atoms with Crippen molar-refractivity contribution in [2.24, 2.45) is 5.92 Å². The van der Waals surface area contributed by atoms with Gasteiger partial charge in [0.15, 0.2) is 0 Å². The fraction of sp³-hybridized carbons (Fsp3) is 0.909. The summed E-state index contributed by atoms with van der Waals surface area (Å²) in [6.45, 7) is 6.60. The van der Waals surface area contributed by atoms with Crippen LogP contribution in [-0.4, -0.2) is 49.6 Å². The molecule has 0 aromatic carbocycles. The van der Waals surface area contributed by atoms with E-state index in [4.69, 9.17) is 0 Å². The van der Waals surface area contributed by atoms with E-state index in [2.05, 4.69) is 22.5 Å². The Morgan fingerprint density at radius 1 is 1.50 bits per heavy atom. The van der Waals surface area contributed by atoms with Crippen molar-refractivity contribution in [1.29, 1.82) is 0 Å². The number of halogens is 1. The van der Waals surface area contributed by atoms with E-state index in [0.717, 1.165) is 32.1 Å². The molecule has 0 radical (unpaired) electrons. The van der Waals surface area contributed by atoms with Gasteiger partial charge in [-0.15, -0.1) is 12.4 Å². The first-order chi connectivity index (χ1) is 7.25. The molecule has 1 saturated carbocycles. The Morgan fingerprint density at radius 3 is 2.88 bits per heavy atom. The fourth-order valence-electron chi connectivity index (χ4n) is 1.94. The van der Waals surface area contributed by atoms with Crippen molar-refractivity contribution < 1.29 is 4.79 Å². The molecule has 1 unspecified atom stereocenters. The number of piperazine rings is 1. The van der Waals surface area contributed by atoms with Gasteiger partial charge in [0.25, 0.3) is 0 Å². The molecule has 0 aromatic heterocycles. The third-order valence-electron chi connectivity index (χ3n) is 3.27. The number of nitrogens with one attached hydrogen (secondary N) is 2. The highest BCUT2D eigenvalue weighted by Gasteiger charge is 2.23. The molecule has 2 N–H and O–H groups in total. The highest BCUT2D eigenvalue weighted by molar-refractivity contribution is 5.85. The molecular formula is C11H22ClN3O. The molecule has 16 heavy (non-hydrogen) atoms. The standard InChI is InChI=1S/C11H21N3O.ClH/c1-9-6-12-4-5-14(9)8-11(15)13-7-10-2-3-10;/h9-10,12H,2-8H2,1H3,(H,13,15);1H. The number of carbonyl (C=O) groups excluding carboxylic acids is 1. The molecule has 1 aliphatic heterocycles. The third-order valence-corrected chi connectivity index (χ3v) is 3.27. The Balaban J connectivity index is 0.00000128. The second-order valence-corrected chi connectivity index (χ2v) is 4.77. The Labute approximate surface area is 104 Å². The van der Waals surface area contributed by atoms with Crippen LogP contribution in [0.25, 0.3) is 0 Å². The van der Waals surface area contributed by atoms with E-state index in [-0.39, 0.29) is 18.3 Å². The van der Waals surface area contributed by atoms with E-state index in [9.17, 15) is 4.79 Å². The molecule has 1 heterocycles. The average molecular weight is 248 g/mol. The molecule has 1 amide bonds. The maximum atomic E-state index is 11.6. The van der Waals surface area contributed by atoms with Crippen molar-refractivity contribution in [3.8, 4) is 0 Å². The Kier molecular flexibility index (Phi) is 5.52. The van der Waals surface area contributed by atoms with Crippen LogP contribution in [0.4, 0.5) is 0 Å². The van der Waals surface area contributed by atoms with E-state index in [1.165, 1.54) is 12.8 Å². The molecule has 1 saturated heterocycles. The van der Waals surface area contributed by atoms with Gasteiger partial charge >= 0.3 is 0 Å². The van der Waals surface area contributed by atoms with Gasteiger partial charge in [0, 0.05) is 32.2 Å². The molecule has 94 valence electrons. The smallest absolute Gasteiger partial charge is 0.234 e. The molecule has 4 nitrogen and oxygen atoms in total. The van der Waals surface area contributed by atoms with Crippen LogP contribution in [0.1, 0.15) is 19.8 Å². The van der Waals surface area contributed by atoms with Crippen LogP contribution in [0, 0.1) is 5.92 Å². The van der Waals surface area contributed by atoms with E-state index < -0.39 is 0 Å². The molecule has 0 aromatic rings. The zero-order chi connectivity index (χ0) is 10.7. The minimum Gasteiger partial charge on any atom is -0.355 e. The summed E-state index contributed by atoms with van der Waals surface area (Å²) in [5.74, 6) is 0.963. The zero-order valence-electron chi connectivity index (χ0n) is 9.87. The van der Waals surface area contributed by atoms with Crippen LogP contribution in [0.3, 0.4) is 0 Å². The van der Waals surface area contributed by atoms with Gasteiger partial charge in [0.2, 0.25) is 5.91 Å². The van der Waals surface area contributed by atoms with E-state index in [1.54, 1.807) is 0 Å². The lowest BCUT2D eigenvalue weighted by molar-refractivity contribution is -0.123. The van der Waals surface area contributed by atoms with Gasteiger partial charge in [0.05, 0.1) is 6.54 Å². The monoisotopic (exact) mass is 247 g/mol. The fourth-order valence-corrected chi connectivity index (χ4v) is 1.94. The minimum atomic E-state index is 0. The lowest BCUT2D eigenvalue weighted by Crippen LogP contribution is -2.52. The minimum absolute atomic E-state index is 0. The molecule has 2 fully saturated rings. The van der Waals surface area contributed by atoms with Crippen molar-refractivity contribution in [2.45, 2.75) is 25.8 Å². The number of carbonyl (C=O) groups is 1. The molecule has 0 spiro atoms. The quantitative estimate of drug-likeness (QED) is 0.748. The van der Waals surface area contributed by atoms with Crippen LogP contribution in [0.2, 0.25) is 0 Å². The lowest BCUT2D eigenvalue weighted by atomic mass is 10.2. The second-order valence-electron chi connectivity index (χ2n) is 4.77. The Bertz CT molecular complexity index is 233. The van der Waals surface area contributed by atoms with Crippen molar-refractivity contribution in [2.75, 3.05) is 32.7 Å². The van der Waals surface area contributed by atoms with Crippen LogP contribution in [-0.2, 0) is 4.79 Å². The highest BCUT2D eigenvalue weighted by atomic mass is 35.5. The molecule has 2 aliphatic rings. The molecule has 5 heteroatoms. The topological polar surface area (TPSA) is 44.4 Å². The zero-order valence-corrected chi connectivity index (χ0v) is 10.7. The maximum absolute atomic E-state index is 11.6. The highest BCUT2D eigenvalue weighted by Crippen LogP contribution is 2.27. The van der Waals surface area contributed by atoms with Gasteiger partial charge in [-0.05, 0) is 25.7 Å². The first-order valence-electron chi connectivity index (χ1n) is 5.97. The predicted octanol–water partition coefficient (Wildman–Crippen LogP) is 0.228. The molecular weight excluding hydrogens is 226 g/mol. The van der Waals surface area contributed by atoms with Crippen molar-refractivity contribution in [3.63, 3.8) is 0 Å². The van der Waals surface area contributed by atoms with Gasteiger partial charge < -0.3 is 10.6 Å². The van der Waals surface area contributed by atoms with Crippen LogP contribution < -0.4 is 10.6 Å². The van der Waals surface area contributed by atoms with Gasteiger partial charge in [-0.2, -0.15) is 0 Å². The van der Waals surface area contributed by atoms with E-state index >= 15 is 0 Å². The molecule has 1 atom stereocenters. The van der Waals surface area contributed by atoms with Crippen LogP contribution in [0.15, 0.2) is 0 Å². The second kappa shape index (κ2) is 6.42. The molecule has 1 aliphatic carbocycles. The Hall–Kier alpha value is -0.320. The van der Waals surface area contributed by atoms with Gasteiger partial charge in [-0.3, -0.25) is 9.69 Å². The number of hydrogen-bond acceptors (Lipinski definition) is 3. The number of amides is 1. The van der Waals surface area contributed by atoms with Crippen molar-refractivity contribution in [1.82, 2.24) is 15.5 Å². The summed E-state index contributed by atoms with van der Waals surface area (Å²) in [7, 11) is 0. The summed E-state index contributed by atoms with van der Waals surface area (Å²) in [4.78, 5) is 13.9. The van der Waals surface area contributed by atoms with Crippen molar-refractivity contribution in [3.05, 3.63) is 0 Å². The third kappa shape index (κ3) is 4.28. The summed E-state index contributed by atoms with van der Waals surface area (Å²) in [5.41, 5.74) is 0. The average Bonchev–Trinajstić information content (AvgIpc) is 3.02. The van der Waals surface area contributed by atoms with Gasteiger partial charge in [-0.25, -0.2) is 0 Å². The summed E-state index contributed by atoms with van der Waals surface area (Å²) < 4.78 is 0. The Morgan fingerprint density at radius 2 is 2.25 bits per heavy atom. The predicted molar refractivity (Wildman–Crippen MR) is 66.9 cm³/mol. The number of hydrogen-bond donors (Lipinski definition) is 2. The van der Waals surface area contributed by atoms with Gasteiger partial charge in [0.1, 0.15) is 0 Å². The number of nitrogens with zero attached hydrogens (tertiary/aromatic N) is 1. The van der Waals surface area contributed by atoms with Crippen molar-refractivity contribution >= 4 is 18.3 Å². The van der Waals surface area contributed by atoms with Crippen LogP contribution >= 0.6 is 12.4 Å². The summed E-state index contributed by atoms with van der Waals surface area (Å²) in [5, 5.41) is 6.34. The maximum Gasteiger partial charge on any atom is 0.234 e. The molecule has 2 rings (SSSR count). The number of rotatable bonds is 4. The SMILES string of the molecule is CC1CNCCN1CC(=O)NCC1CC1.Cl. The van der Waals surface area contributed by atoms with Crippen LogP contribution in [0.5, 0.6) is 0 Å². The van der Waals surface area contributed by atoms with E-state index in [0.29, 0.717) is 12.6 Å². The summed E-state index contributed by atoms with van der Waals surface area (Å²) >= 11 is 0. The first-order valence-corrected chi connectivity index (χ1v) is 5.97. The van der Waals surface area contributed by atoms with E-state index in [1.807, 2.05) is 0 Å². The lowest BCUT2D eigenvalue weighted by Gasteiger charge is -2.33. The molecule has 0 bridgehead atoms. The van der Waals surface area contributed by atoms with Gasteiger partial charge in [-0.1, -0.05) is 0 Å².